The highest BCUT2D eigenvalue weighted by atomic mass is 16.7. The molecule has 10 nitrogen and oxygen atoms in total. The first-order valence-corrected chi connectivity index (χ1v) is 11.7. The first-order chi connectivity index (χ1) is 16.9. The summed E-state index contributed by atoms with van der Waals surface area (Å²) in [5.74, 6) is -3.06. The second-order valence-corrected chi connectivity index (χ2v) is 9.80. The molecule has 1 fully saturated rings. The van der Waals surface area contributed by atoms with Gasteiger partial charge in [-0.25, -0.2) is 0 Å². The molecule has 6 N–H and O–H groups in total. The van der Waals surface area contributed by atoms with Gasteiger partial charge in [-0.05, 0) is 13.8 Å². The lowest BCUT2D eigenvalue weighted by molar-refractivity contribution is -0.247. The van der Waals surface area contributed by atoms with Crippen molar-refractivity contribution in [2.75, 3.05) is 0 Å². The number of nitrogens with two attached hydrogens (primary N) is 1. The lowest BCUT2D eigenvalue weighted by Gasteiger charge is -2.42. The topological polar surface area (TPSA) is 177 Å². The number of Topliss-reactive ketones (excluding diaryl/α,β-unsaturated/α-hetero) is 1. The minimum absolute atomic E-state index is 0.00588. The van der Waals surface area contributed by atoms with E-state index in [9.17, 15) is 34.8 Å². The van der Waals surface area contributed by atoms with Crippen LogP contribution < -0.4 is 5.73 Å². The molecular weight excluding hydrogens is 470 g/mol. The van der Waals surface area contributed by atoms with Crippen molar-refractivity contribution in [3.8, 4) is 11.5 Å². The fourth-order valence-electron chi connectivity index (χ4n) is 5.42. The SMILES string of the molecule is CC(=O)[C@]1(O)Cc2c(O)c3c(c(O)c2[C@@H](O[C@H]2C[C@H](N)[C@@H](O)[C@@H](C)O2)C1)C(=O)c1ccccc1C3=O. The molecule has 3 aliphatic rings. The van der Waals surface area contributed by atoms with Crippen LogP contribution >= 0.6 is 0 Å². The number of fused-ring (bicyclic) bond motifs is 3. The Hall–Kier alpha value is -3.15. The molecule has 36 heavy (non-hydrogen) atoms. The number of phenols is 2. The third-order valence-electron chi connectivity index (χ3n) is 7.50. The van der Waals surface area contributed by atoms with Gasteiger partial charge in [0.1, 0.15) is 17.1 Å². The van der Waals surface area contributed by atoms with Crippen molar-refractivity contribution >= 4 is 17.3 Å². The lowest BCUT2D eigenvalue weighted by atomic mass is 9.72. The zero-order valence-corrected chi connectivity index (χ0v) is 19.7. The summed E-state index contributed by atoms with van der Waals surface area (Å²) in [5, 5.41) is 43.8. The molecule has 1 saturated heterocycles. The van der Waals surface area contributed by atoms with E-state index >= 15 is 0 Å². The highest BCUT2D eigenvalue weighted by molar-refractivity contribution is 6.30. The summed E-state index contributed by atoms with van der Waals surface area (Å²) in [7, 11) is 0. The Morgan fingerprint density at radius 3 is 2.25 bits per heavy atom. The van der Waals surface area contributed by atoms with E-state index in [1.165, 1.54) is 19.1 Å². The Labute approximate surface area is 206 Å². The third kappa shape index (κ3) is 3.56. The summed E-state index contributed by atoms with van der Waals surface area (Å²) in [6.07, 6.45) is -4.38. The maximum Gasteiger partial charge on any atom is 0.198 e. The van der Waals surface area contributed by atoms with E-state index in [1.54, 1.807) is 19.1 Å². The number of aromatic hydroxyl groups is 2. The quantitative estimate of drug-likeness (QED) is 0.328. The molecule has 2 aliphatic carbocycles. The summed E-state index contributed by atoms with van der Waals surface area (Å²) in [4.78, 5) is 39.0. The van der Waals surface area contributed by atoms with Crippen molar-refractivity contribution in [3.63, 3.8) is 0 Å². The number of hydrogen-bond donors (Lipinski definition) is 5. The minimum Gasteiger partial charge on any atom is -0.507 e. The van der Waals surface area contributed by atoms with Crippen molar-refractivity contribution in [2.24, 2.45) is 5.73 Å². The van der Waals surface area contributed by atoms with Crippen LogP contribution in [0.5, 0.6) is 11.5 Å². The number of benzene rings is 2. The Morgan fingerprint density at radius 1 is 1.11 bits per heavy atom. The number of aliphatic hydroxyl groups excluding tert-OH is 1. The molecule has 0 aromatic heterocycles. The predicted octanol–water partition coefficient (Wildman–Crippen LogP) is 1.02. The van der Waals surface area contributed by atoms with Crippen LogP contribution in [-0.4, -0.2) is 67.9 Å². The van der Waals surface area contributed by atoms with Gasteiger partial charge in [0.2, 0.25) is 0 Å². The molecule has 0 spiro atoms. The Balaban J connectivity index is 1.66. The van der Waals surface area contributed by atoms with Crippen molar-refractivity contribution in [2.45, 2.75) is 69.4 Å². The number of aliphatic hydroxyl groups is 2. The normalized spacial score (nSPS) is 31.4. The standard InChI is InChI=1S/C26H27NO9/c1-10-21(29)15(27)7-17(35-10)36-16-9-26(34,11(2)28)8-14-18(16)25(33)20-19(24(14)32)22(30)12-5-3-4-6-13(12)23(20)31/h3-6,10,15-17,21,29,32-34H,7-9,27H2,1-2H3/t10-,15+,16+,17+,21+,26+/m1/s1. The van der Waals surface area contributed by atoms with Crippen LogP contribution in [0.2, 0.25) is 0 Å². The van der Waals surface area contributed by atoms with E-state index in [1.807, 2.05) is 0 Å². The molecule has 0 bridgehead atoms. The highest BCUT2D eigenvalue weighted by Crippen LogP contribution is 2.51. The number of phenolic OH excluding ortho intramolecular Hbond substituents is 2. The number of carbonyl (C=O) groups is 3. The molecule has 0 unspecified atom stereocenters. The third-order valence-corrected chi connectivity index (χ3v) is 7.50. The molecule has 10 heteroatoms. The van der Waals surface area contributed by atoms with Gasteiger partial charge in [0, 0.05) is 47.6 Å². The van der Waals surface area contributed by atoms with Crippen molar-refractivity contribution in [1.82, 2.24) is 0 Å². The van der Waals surface area contributed by atoms with Gasteiger partial charge >= 0.3 is 0 Å². The van der Waals surface area contributed by atoms with E-state index in [0.29, 0.717) is 0 Å². The van der Waals surface area contributed by atoms with Crippen molar-refractivity contribution in [1.29, 1.82) is 0 Å². The lowest BCUT2D eigenvalue weighted by Crippen LogP contribution is -2.52. The van der Waals surface area contributed by atoms with Crippen LogP contribution in [0.4, 0.5) is 0 Å². The van der Waals surface area contributed by atoms with E-state index in [4.69, 9.17) is 15.2 Å². The molecule has 0 saturated carbocycles. The molecule has 1 heterocycles. The van der Waals surface area contributed by atoms with E-state index in [0.717, 1.165) is 0 Å². The molecule has 0 amide bonds. The first kappa shape index (κ1) is 24.5. The largest absolute Gasteiger partial charge is 0.507 e. The Kier molecular flexibility index (Phi) is 5.77. The van der Waals surface area contributed by atoms with Crippen molar-refractivity contribution in [3.05, 3.63) is 57.6 Å². The predicted molar refractivity (Wildman–Crippen MR) is 124 cm³/mol. The summed E-state index contributed by atoms with van der Waals surface area (Å²) in [5.41, 5.74) is 3.38. The van der Waals surface area contributed by atoms with Gasteiger partial charge in [0.15, 0.2) is 23.6 Å². The molecule has 1 aliphatic heterocycles. The van der Waals surface area contributed by atoms with Crippen LogP contribution in [0.1, 0.15) is 75.8 Å². The second kappa shape index (κ2) is 8.46. The zero-order valence-electron chi connectivity index (χ0n) is 19.7. The number of hydrogen-bond acceptors (Lipinski definition) is 10. The van der Waals surface area contributed by atoms with Gasteiger partial charge in [-0.2, -0.15) is 0 Å². The van der Waals surface area contributed by atoms with Gasteiger partial charge in [0.05, 0.1) is 29.4 Å². The molecule has 6 atom stereocenters. The zero-order chi connectivity index (χ0) is 26.1. The van der Waals surface area contributed by atoms with Gasteiger partial charge in [0.25, 0.3) is 0 Å². The highest BCUT2D eigenvalue weighted by Gasteiger charge is 2.49. The average Bonchev–Trinajstić information content (AvgIpc) is 2.82. The molecule has 0 radical (unpaired) electrons. The summed E-state index contributed by atoms with van der Waals surface area (Å²) >= 11 is 0. The summed E-state index contributed by atoms with van der Waals surface area (Å²) in [6, 6.07) is 5.40. The van der Waals surface area contributed by atoms with Crippen LogP contribution in [-0.2, 0) is 20.7 Å². The van der Waals surface area contributed by atoms with E-state index < -0.39 is 71.5 Å². The molecule has 190 valence electrons. The van der Waals surface area contributed by atoms with Crippen molar-refractivity contribution < 1.29 is 44.3 Å². The summed E-state index contributed by atoms with van der Waals surface area (Å²) < 4.78 is 11.8. The molecule has 5 rings (SSSR count). The molecular formula is C26H27NO9. The summed E-state index contributed by atoms with van der Waals surface area (Å²) in [6.45, 7) is 2.80. The number of carbonyl (C=O) groups excluding carboxylic acids is 3. The van der Waals surface area contributed by atoms with Gasteiger partial charge in [-0.1, -0.05) is 24.3 Å². The van der Waals surface area contributed by atoms with E-state index in [-0.39, 0.29) is 46.2 Å². The Bertz CT molecular complexity index is 1290. The van der Waals surface area contributed by atoms with Crippen LogP contribution in [0, 0.1) is 0 Å². The monoisotopic (exact) mass is 497 g/mol. The van der Waals surface area contributed by atoms with Gasteiger partial charge < -0.3 is 35.6 Å². The van der Waals surface area contributed by atoms with Crippen LogP contribution in [0.25, 0.3) is 0 Å². The maximum atomic E-state index is 13.3. The Morgan fingerprint density at radius 2 is 1.69 bits per heavy atom. The number of rotatable bonds is 3. The first-order valence-electron chi connectivity index (χ1n) is 11.7. The average molecular weight is 498 g/mol. The number of ketones is 3. The fourth-order valence-corrected chi connectivity index (χ4v) is 5.42. The smallest absolute Gasteiger partial charge is 0.198 e. The van der Waals surface area contributed by atoms with Crippen LogP contribution in [0.15, 0.2) is 24.3 Å². The number of ether oxygens (including phenoxy) is 2. The molecule has 2 aromatic rings. The minimum atomic E-state index is -1.97. The molecule has 2 aromatic carbocycles. The fraction of sp³-hybridized carbons (Fsp3) is 0.423. The van der Waals surface area contributed by atoms with Gasteiger partial charge in [-0.15, -0.1) is 0 Å². The second-order valence-electron chi connectivity index (χ2n) is 9.80. The van der Waals surface area contributed by atoms with E-state index in [2.05, 4.69) is 0 Å². The maximum absolute atomic E-state index is 13.3. The van der Waals surface area contributed by atoms with Crippen LogP contribution in [0.3, 0.4) is 0 Å². The van der Waals surface area contributed by atoms with Gasteiger partial charge in [-0.3, -0.25) is 14.4 Å².